The van der Waals surface area contributed by atoms with E-state index in [-0.39, 0.29) is 0 Å². The summed E-state index contributed by atoms with van der Waals surface area (Å²) in [6.45, 7) is 0. The van der Waals surface area contributed by atoms with Gasteiger partial charge >= 0.3 is 0 Å². The quantitative estimate of drug-likeness (QED) is 0.314. The van der Waals surface area contributed by atoms with Crippen molar-refractivity contribution in [1.82, 2.24) is 4.90 Å². The fourth-order valence-electron chi connectivity index (χ4n) is 10.7. The van der Waals surface area contributed by atoms with E-state index >= 15 is 0 Å². The summed E-state index contributed by atoms with van der Waals surface area (Å²) in [6.07, 6.45) is 39.9. The maximum absolute atomic E-state index is 3.11. The molecule has 0 aromatic rings. The molecule has 212 valence electrons. The van der Waals surface area contributed by atoms with Crippen molar-refractivity contribution in [2.24, 2.45) is 35.5 Å². The zero-order valence-electron chi connectivity index (χ0n) is 24.1. The molecule has 0 amide bonds. The average Bonchev–Trinajstić information content (AvgIpc) is 3.58. The van der Waals surface area contributed by atoms with Crippen LogP contribution in [0.1, 0.15) is 109 Å². The van der Waals surface area contributed by atoms with Crippen LogP contribution in [0.15, 0.2) is 47.9 Å². The van der Waals surface area contributed by atoms with E-state index in [9.17, 15) is 0 Å². The standard InChI is InChI=1S/C36H51NS2/c1-2-10-24(11-3-1)25-20-22-26(23-21-25)37(31-16-8-14-29-27-12-4-6-18-33(27)38-35(29)31)32-17-9-15-30-28-13-5-7-19-34(28)39-36(30)32/h2,4,6,10,16-17,24-30,33-36H,1,3,5,7-9,11-15,18-23H2. The van der Waals surface area contributed by atoms with Crippen LogP contribution in [0, 0.1) is 35.5 Å². The lowest BCUT2D eigenvalue weighted by molar-refractivity contribution is 0.154. The van der Waals surface area contributed by atoms with Crippen LogP contribution < -0.4 is 0 Å². The SMILES string of the molecule is C1=CC(C2CCC(N(C3=CCCC4C3SC3CC=CCC34)C3=CCCC4C3SC3CCCCC34)CC2)CCC1. The van der Waals surface area contributed by atoms with Crippen molar-refractivity contribution in [3.63, 3.8) is 0 Å². The van der Waals surface area contributed by atoms with E-state index in [1.165, 1.54) is 109 Å². The second-order valence-corrected chi connectivity index (χ2v) is 17.2. The number of rotatable bonds is 4. The summed E-state index contributed by atoms with van der Waals surface area (Å²) < 4.78 is 0. The Labute approximate surface area is 247 Å². The van der Waals surface area contributed by atoms with Gasteiger partial charge in [0.15, 0.2) is 0 Å². The van der Waals surface area contributed by atoms with Crippen molar-refractivity contribution in [2.45, 2.75) is 136 Å². The van der Waals surface area contributed by atoms with Crippen LogP contribution in [0.2, 0.25) is 0 Å². The molecular formula is C36H51NS2. The molecule has 6 aliphatic carbocycles. The van der Waals surface area contributed by atoms with Gasteiger partial charge in [0.1, 0.15) is 0 Å². The molecule has 0 radical (unpaired) electrons. The molecule has 9 atom stereocenters. The van der Waals surface area contributed by atoms with Gasteiger partial charge in [-0.05, 0) is 132 Å². The monoisotopic (exact) mass is 561 g/mol. The first-order valence-corrected chi connectivity index (χ1v) is 19.1. The van der Waals surface area contributed by atoms with Gasteiger partial charge in [-0.25, -0.2) is 0 Å². The summed E-state index contributed by atoms with van der Waals surface area (Å²) in [4.78, 5) is 3.11. The Hall–Kier alpha value is -0.540. The van der Waals surface area contributed by atoms with E-state index in [4.69, 9.17) is 0 Å². The highest BCUT2D eigenvalue weighted by atomic mass is 32.2. The van der Waals surface area contributed by atoms with Crippen molar-refractivity contribution in [3.8, 4) is 0 Å². The Morgan fingerprint density at radius 1 is 0.564 bits per heavy atom. The second kappa shape index (κ2) is 11.3. The van der Waals surface area contributed by atoms with Crippen molar-refractivity contribution in [2.75, 3.05) is 0 Å². The smallest absolute Gasteiger partial charge is 0.0481 e. The summed E-state index contributed by atoms with van der Waals surface area (Å²) >= 11 is 4.86. The van der Waals surface area contributed by atoms with E-state index in [2.05, 4.69) is 64.9 Å². The molecule has 0 bridgehead atoms. The molecule has 8 aliphatic rings. The molecule has 39 heavy (non-hydrogen) atoms. The molecule has 8 rings (SSSR count). The van der Waals surface area contributed by atoms with Crippen LogP contribution >= 0.6 is 23.5 Å². The normalized spacial score (nSPS) is 46.9. The Morgan fingerprint density at radius 3 is 2.05 bits per heavy atom. The molecular weight excluding hydrogens is 511 g/mol. The molecule has 2 aliphatic heterocycles. The Morgan fingerprint density at radius 2 is 1.28 bits per heavy atom. The van der Waals surface area contributed by atoms with Crippen LogP contribution in [0.5, 0.6) is 0 Å². The molecule has 0 spiro atoms. The first kappa shape index (κ1) is 26.1. The van der Waals surface area contributed by atoms with Crippen LogP contribution in [-0.2, 0) is 0 Å². The highest BCUT2D eigenvalue weighted by Gasteiger charge is 2.52. The number of nitrogens with zero attached hydrogens (tertiary/aromatic N) is 1. The first-order valence-electron chi connectivity index (χ1n) is 17.2. The molecule has 2 saturated carbocycles. The highest BCUT2D eigenvalue weighted by Crippen LogP contribution is 2.59. The number of allylic oxidation sites excluding steroid dienone is 6. The van der Waals surface area contributed by atoms with Crippen LogP contribution in [0.4, 0.5) is 0 Å². The minimum absolute atomic E-state index is 0.744. The number of thioether (sulfide) groups is 2. The zero-order chi connectivity index (χ0) is 25.8. The topological polar surface area (TPSA) is 3.24 Å². The number of hydrogen-bond donors (Lipinski definition) is 0. The summed E-state index contributed by atoms with van der Waals surface area (Å²) in [5, 5.41) is 3.36. The lowest BCUT2D eigenvalue weighted by atomic mass is 9.72. The van der Waals surface area contributed by atoms with Gasteiger partial charge in [0.2, 0.25) is 0 Å². The average molecular weight is 562 g/mol. The fraction of sp³-hybridized carbons (Fsp3) is 0.778. The zero-order valence-corrected chi connectivity index (χ0v) is 25.7. The van der Waals surface area contributed by atoms with Gasteiger partial charge in [-0.2, -0.15) is 0 Å². The molecule has 0 N–H and O–H groups in total. The molecule has 2 heterocycles. The van der Waals surface area contributed by atoms with Crippen LogP contribution in [0.3, 0.4) is 0 Å². The highest BCUT2D eigenvalue weighted by molar-refractivity contribution is 8.01. The summed E-state index contributed by atoms with van der Waals surface area (Å²) in [5.74, 6) is 5.63. The van der Waals surface area contributed by atoms with Gasteiger partial charge in [0.05, 0.1) is 0 Å². The molecule has 0 aromatic heterocycles. The summed E-state index contributed by atoms with van der Waals surface area (Å²) in [5.41, 5.74) is 3.61. The minimum atomic E-state index is 0.744. The van der Waals surface area contributed by atoms with Crippen molar-refractivity contribution >= 4 is 23.5 Å². The van der Waals surface area contributed by atoms with E-state index in [1.807, 2.05) is 5.70 Å². The molecule has 3 heteroatoms. The summed E-state index contributed by atoms with van der Waals surface area (Å²) in [6, 6.07) is 0.744. The van der Waals surface area contributed by atoms with E-state index in [0.29, 0.717) is 0 Å². The largest absolute Gasteiger partial charge is 0.344 e. The summed E-state index contributed by atoms with van der Waals surface area (Å²) in [7, 11) is 0. The van der Waals surface area contributed by atoms with Crippen LogP contribution in [-0.4, -0.2) is 31.9 Å². The lowest BCUT2D eigenvalue weighted by Gasteiger charge is -2.48. The van der Waals surface area contributed by atoms with Crippen molar-refractivity contribution < 1.29 is 0 Å². The Balaban J connectivity index is 1.10. The maximum Gasteiger partial charge on any atom is 0.0481 e. The van der Waals surface area contributed by atoms with Crippen molar-refractivity contribution in [1.29, 1.82) is 0 Å². The van der Waals surface area contributed by atoms with Gasteiger partial charge < -0.3 is 4.90 Å². The molecule has 1 nitrogen and oxygen atoms in total. The lowest BCUT2D eigenvalue weighted by Crippen LogP contribution is -2.46. The van der Waals surface area contributed by atoms with Gasteiger partial charge in [-0.1, -0.05) is 49.3 Å². The molecule has 4 fully saturated rings. The third-order valence-electron chi connectivity index (χ3n) is 12.5. The number of hydrogen-bond acceptors (Lipinski definition) is 3. The second-order valence-electron chi connectivity index (χ2n) is 14.4. The minimum Gasteiger partial charge on any atom is -0.344 e. The van der Waals surface area contributed by atoms with Crippen LogP contribution in [0.25, 0.3) is 0 Å². The van der Waals surface area contributed by atoms with Crippen molar-refractivity contribution in [3.05, 3.63) is 47.9 Å². The molecule has 9 unspecified atom stereocenters. The Kier molecular flexibility index (Phi) is 7.55. The van der Waals surface area contributed by atoms with Gasteiger partial charge in [0, 0.05) is 38.4 Å². The van der Waals surface area contributed by atoms with Gasteiger partial charge in [0.25, 0.3) is 0 Å². The predicted molar refractivity (Wildman–Crippen MR) is 170 cm³/mol. The molecule has 2 saturated heterocycles. The number of fused-ring (bicyclic) bond motifs is 6. The van der Waals surface area contributed by atoms with E-state index in [0.717, 1.165) is 62.5 Å². The first-order chi connectivity index (χ1) is 19.3. The third kappa shape index (κ3) is 4.76. The Bertz CT molecular complexity index is 1000. The van der Waals surface area contributed by atoms with Gasteiger partial charge in [-0.15, -0.1) is 23.5 Å². The maximum atomic E-state index is 3.11. The van der Waals surface area contributed by atoms with E-state index in [1.54, 1.807) is 5.70 Å². The van der Waals surface area contributed by atoms with E-state index < -0.39 is 0 Å². The fourth-order valence-corrected chi connectivity index (χ4v) is 14.8. The third-order valence-corrected chi connectivity index (χ3v) is 16.1. The molecule has 0 aromatic carbocycles. The predicted octanol–water partition coefficient (Wildman–Crippen LogP) is 9.92. The van der Waals surface area contributed by atoms with Gasteiger partial charge in [-0.3, -0.25) is 0 Å².